The zero-order chi connectivity index (χ0) is 14.7. The molecule has 2 aliphatic rings. The van der Waals surface area contributed by atoms with Gasteiger partial charge in [0.05, 0.1) is 0 Å². The number of nitrogens with zero attached hydrogens (tertiary/aromatic N) is 1. The van der Waals surface area contributed by atoms with E-state index in [1.807, 2.05) is 0 Å². The largest absolute Gasteiger partial charge is 0.487 e. The van der Waals surface area contributed by atoms with Gasteiger partial charge in [-0.05, 0) is 45.3 Å². The second kappa shape index (κ2) is 6.37. The number of fused-ring (bicyclic) bond motifs is 1. The number of likely N-dealkylation sites (tertiary alicyclic amines) is 1. The zero-order valence-corrected chi connectivity index (χ0v) is 13.5. The lowest BCUT2D eigenvalue weighted by molar-refractivity contribution is 0.137. The zero-order valence-electron chi connectivity index (χ0n) is 13.5. The van der Waals surface area contributed by atoms with E-state index in [4.69, 9.17) is 4.74 Å². The fourth-order valence-corrected chi connectivity index (χ4v) is 3.46. The van der Waals surface area contributed by atoms with E-state index >= 15 is 0 Å². The number of benzene rings is 1. The molecule has 1 aromatic rings. The average molecular weight is 288 g/mol. The highest BCUT2D eigenvalue weighted by Crippen LogP contribution is 2.37. The summed E-state index contributed by atoms with van der Waals surface area (Å²) in [6.45, 7) is 10.0. The van der Waals surface area contributed by atoms with Crippen molar-refractivity contribution in [1.82, 2.24) is 10.2 Å². The first-order valence-electron chi connectivity index (χ1n) is 8.37. The van der Waals surface area contributed by atoms with E-state index < -0.39 is 0 Å². The van der Waals surface area contributed by atoms with Gasteiger partial charge in [0, 0.05) is 31.6 Å². The van der Waals surface area contributed by atoms with Gasteiger partial charge in [-0.1, -0.05) is 24.6 Å². The molecule has 0 radical (unpaired) electrons. The van der Waals surface area contributed by atoms with Gasteiger partial charge in [-0.15, -0.1) is 0 Å². The van der Waals surface area contributed by atoms with Crippen LogP contribution in [0.3, 0.4) is 0 Å². The van der Waals surface area contributed by atoms with Crippen LogP contribution in [-0.4, -0.2) is 36.7 Å². The first kappa shape index (κ1) is 14.9. The minimum absolute atomic E-state index is 0.0494. The van der Waals surface area contributed by atoms with Crippen LogP contribution in [0.15, 0.2) is 18.2 Å². The molecular weight excluding hydrogens is 260 g/mol. The molecule has 1 aromatic carbocycles. The summed E-state index contributed by atoms with van der Waals surface area (Å²) in [4.78, 5) is 2.57. The Kier molecular flexibility index (Phi) is 4.51. The molecule has 0 bridgehead atoms. The number of hydrogen-bond acceptors (Lipinski definition) is 3. The summed E-state index contributed by atoms with van der Waals surface area (Å²) in [5, 5.41) is 3.58. The number of para-hydroxylation sites is 1. The first-order chi connectivity index (χ1) is 10.1. The van der Waals surface area contributed by atoms with Gasteiger partial charge >= 0.3 is 0 Å². The fraction of sp³-hybridized carbons (Fsp3) is 0.667. The Morgan fingerprint density at radius 3 is 2.81 bits per heavy atom. The Balaban J connectivity index is 1.49. The molecule has 0 amide bonds. The van der Waals surface area contributed by atoms with Crippen LogP contribution in [0.1, 0.15) is 44.2 Å². The van der Waals surface area contributed by atoms with E-state index in [-0.39, 0.29) is 5.60 Å². The summed E-state index contributed by atoms with van der Waals surface area (Å²) < 4.78 is 6.12. The quantitative estimate of drug-likeness (QED) is 0.843. The molecule has 21 heavy (non-hydrogen) atoms. The minimum Gasteiger partial charge on any atom is -0.487 e. The molecule has 0 aromatic heterocycles. The van der Waals surface area contributed by atoms with Gasteiger partial charge in [-0.3, -0.25) is 0 Å². The standard InChI is InChI=1S/C18H28N2O/c1-18(2)13-15-7-6-8-16(17(15)21-18)14-19-9-12-20-10-4-3-5-11-20/h6-8,19H,3-5,9-14H2,1-2H3. The van der Waals surface area contributed by atoms with Crippen molar-refractivity contribution in [3.63, 3.8) is 0 Å². The second-order valence-corrected chi connectivity index (χ2v) is 7.02. The molecule has 2 aliphatic heterocycles. The van der Waals surface area contributed by atoms with E-state index in [0.717, 1.165) is 25.3 Å². The molecule has 3 heteroatoms. The number of ether oxygens (including phenoxy) is 1. The van der Waals surface area contributed by atoms with Crippen LogP contribution in [0.5, 0.6) is 5.75 Å². The van der Waals surface area contributed by atoms with E-state index in [2.05, 4.69) is 42.3 Å². The summed E-state index contributed by atoms with van der Waals surface area (Å²) in [5.74, 6) is 1.12. The number of rotatable bonds is 5. The summed E-state index contributed by atoms with van der Waals surface area (Å²) >= 11 is 0. The lowest BCUT2D eigenvalue weighted by Crippen LogP contribution is -2.35. The van der Waals surface area contributed by atoms with Gasteiger partial charge in [0.25, 0.3) is 0 Å². The summed E-state index contributed by atoms with van der Waals surface area (Å²) in [6.07, 6.45) is 5.17. The first-order valence-corrected chi connectivity index (χ1v) is 8.37. The van der Waals surface area contributed by atoms with Crippen molar-refractivity contribution >= 4 is 0 Å². The maximum absolute atomic E-state index is 6.12. The third kappa shape index (κ3) is 3.78. The molecule has 2 heterocycles. The molecule has 0 spiro atoms. The predicted molar refractivity (Wildman–Crippen MR) is 86.9 cm³/mol. The summed E-state index contributed by atoms with van der Waals surface area (Å²) in [6, 6.07) is 6.54. The molecule has 1 fully saturated rings. The average Bonchev–Trinajstić information content (AvgIpc) is 2.79. The Morgan fingerprint density at radius 1 is 1.19 bits per heavy atom. The van der Waals surface area contributed by atoms with Crippen molar-refractivity contribution in [2.45, 2.75) is 51.7 Å². The van der Waals surface area contributed by atoms with Crippen molar-refractivity contribution in [2.75, 3.05) is 26.2 Å². The smallest absolute Gasteiger partial charge is 0.127 e. The van der Waals surface area contributed by atoms with E-state index in [1.165, 1.54) is 50.0 Å². The molecule has 116 valence electrons. The molecule has 3 rings (SSSR count). The Hall–Kier alpha value is -1.06. The third-order valence-corrected chi connectivity index (χ3v) is 4.54. The second-order valence-electron chi connectivity index (χ2n) is 7.02. The molecule has 1 N–H and O–H groups in total. The topological polar surface area (TPSA) is 24.5 Å². The van der Waals surface area contributed by atoms with Gasteiger partial charge in [0.1, 0.15) is 11.4 Å². The molecule has 1 saturated heterocycles. The van der Waals surface area contributed by atoms with Crippen LogP contribution in [0, 0.1) is 0 Å². The number of hydrogen-bond donors (Lipinski definition) is 1. The van der Waals surface area contributed by atoms with Gasteiger partial charge in [-0.2, -0.15) is 0 Å². The molecule has 0 saturated carbocycles. The lowest BCUT2D eigenvalue weighted by Gasteiger charge is -2.26. The Labute approximate surface area is 128 Å². The highest BCUT2D eigenvalue weighted by Gasteiger charge is 2.31. The van der Waals surface area contributed by atoms with E-state index in [1.54, 1.807) is 0 Å². The SMILES string of the molecule is CC1(C)Cc2cccc(CNCCN3CCCCC3)c2O1. The fourth-order valence-electron chi connectivity index (χ4n) is 3.46. The third-order valence-electron chi connectivity index (χ3n) is 4.54. The highest BCUT2D eigenvalue weighted by molar-refractivity contribution is 5.45. The normalized spacial score (nSPS) is 21.0. The van der Waals surface area contributed by atoms with Crippen LogP contribution in [0.2, 0.25) is 0 Å². The monoisotopic (exact) mass is 288 g/mol. The highest BCUT2D eigenvalue weighted by atomic mass is 16.5. The maximum atomic E-state index is 6.12. The summed E-state index contributed by atoms with van der Waals surface area (Å²) in [7, 11) is 0. The minimum atomic E-state index is -0.0494. The van der Waals surface area contributed by atoms with Crippen molar-refractivity contribution in [1.29, 1.82) is 0 Å². The lowest BCUT2D eigenvalue weighted by atomic mass is 10.0. The van der Waals surface area contributed by atoms with Crippen LogP contribution in [-0.2, 0) is 13.0 Å². The maximum Gasteiger partial charge on any atom is 0.127 e. The van der Waals surface area contributed by atoms with Crippen molar-refractivity contribution < 1.29 is 4.74 Å². The molecule has 0 unspecified atom stereocenters. The van der Waals surface area contributed by atoms with E-state index in [9.17, 15) is 0 Å². The molecule has 3 nitrogen and oxygen atoms in total. The molecule has 0 aliphatic carbocycles. The van der Waals surface area contributed by atoms with Crippen molar-refractivity contribution in [3.8, 4) is 5.75 Å². The van der Waals surface area contributed by atoms with Crippen LogP contribution in [0.25, 0.3) is 0 Å². The Bertz CT molecular complexity index is 478. The molecular formula is C18H28N2O. The van der Waals surface area contributed by atoms with Crippen LogP contribution in [0.4, 0.5) is 0 Å². The van der Waals surface area contributed by atoms with Crippen molar-refractivity contribution in [3.05, 3.63) is 29.3 Å². The number of piperidine rings is 1. The van der Waals surface area contributed by atoms with Crippen LogP contribution < -0.4 is 10.1 Å². The van der Waals surface area contributed by atoms with Gasteiger partial charge in [0.15, 0.2) is 0 Å². The molecule has 0 atom stereocenters. The predicted octanol–water partition coefficient (Wildman–Crippen LogP) is 2.98. The van der Waals surface area contributed by atoms with Crippen LogP contribution >= 0.6 is 0 Å². The number of nitrogens with one attached hydrogen (secondary N) is 1. The van der Waals surface area contributed by atoms with Gasteiger partial charge in [-0.25, -0.2) is 0 Å². The summed E-state index contributed by atoms with van der Waals surface area (Å²) in [5.41, 5.74) is 2.61. The Morgan fingerprint density at radius 2 is 2.00 bits per heavy atom. The van der Waals surface area contributed by atoms with Crippen molar-refractivity contribution in [2.24, 2.45) is 0 Å². The van der Waals surface area contributed by atoms with Gasteiger partial charge in [0.2, 0.25) is 0 Å². The van der Waals surface area contributed by atoms with Gasteiger partial charge < -0.3 is 15.0 Å². The van der Waals surface area contributed by atoms with E-state index in [0.29, 0.717) is 0 Å².